The van der Waals surface area contributed by atoms with Gasteiger partial charge in [0.25, 0.3) is 0 Å². The molecule has 9 heteroatoms. The Kier molecular flexibility index (Phi) is 6.08. The van der Waals surface area contributed by atoms with Crippen LogP contribution in [0.3, 0.4) is 0 Å². The molecule has 0 spiro atoms. The van der Waals surface area contributed by atoms with Crippen LogP contribution in [0.4, 0.5) is 5.82 Å². The number of nitrogens with zero attached hydrogens (tertiary/aromatic N) is 4. The summed E-state index contributed by atoms with van der Waals surface area (Å²) < 4.78 is 10.2. The van der Waals surface area contributed by atoms with E-state index in [0.717, 1.165) is 29.8 Å². The number of carbonyl (C=O) groups excluding carboxylic acids is 1. The van der Waals surface area contributed by atoms with Gasteiger partial charge in [-0.25, -0.2) is 4.98 Å². The van der Waals surface area contributed by atoms with Gasteiger partial charge in [-0.3, -0.25) is 9.78 Å². The number of benzene rings is 1. The first-order chi connectivity index (χ1) is 14.1. The summed E-state index contributed by atoms with van der Waals surface area (Å²) in [5, 5.41) is 0.176. The Bertz CT molecular complexity index is 1040. The third-order valence-corrected chi connectivity index (χ3v) is 4.90. The van der Waals surface area contributed by atoms with E-state index < -0.39 is 0 Å². The summed E-state index contributed by atoms with van der Waals surface area (Å²) in [6.07, 6.45) is 1.93. The van der Waals surface area contributed by atoms with Gasteiger partial charge in [0.05, 0.1) is 25.2 Å². The largest absolute Gasteiger partial charge is 0.449 e. The van der Waals surface area contributed by atoms with Gasteiger partial charge in [0.1, 0.15) is 5.52 Å². The van der Waals surface area contributed by atoms with E-state index in [2.05, 4.69) is 19.9 Å². The molecule has 0 aliphatic carbocycles. The fourth-order valence-corrected chi connectivity index (χ4v) is 3.56. The Balaban J connectivity index is 1.68. The standard InChI is InChI=1S/C20H18Cl2N4O3/c21-12-29-17(27)9-13-2-1-3-14(8-13)15-10-16-18(23-11-15)19(25-20(22)24-16)26-4-6-28-7-5-26/h1-3,8,10-11H,4-7,9,12H2. The van der Waals surface area contributed by atoms with Gasteiger partial charge in [-0.15, -0.1) is 0 Å². The van der Waals surface area contributed by atoms with Crippen LogP contribution in [0.25, 0.3) is 22.2 Å². The number of aromatic nitrogens is 3. The van der Waals surface area contributed by atoms with Gasteiger partial charge in [-0.2, -0.15) is 4.98 Å². The molecule has 0 saturated carbocycles. The van der Waals surface area contributed by atoms with Crippen molar-refractivity contribution in [2.75, 3.05) is 37.3 Å². The van der Waals surface area contributed by atoms with Crippen LogP contribution < -0.4 is 4.90 Å². The first kappa shape index (κ1) is 19.8. The Labute approximate surface area is 177 Å². The lowest BCUT2D eigenvalue weighted by Crippen LogP contribution is -2.37. The molecular formula is C20H18Cl2N4O3. The van der Waals surface area contributed by atoms with Gasteiger partial charge in [0.15, 0.2) is 11.9 Å². The Hall–Kier alpha value is -2.48. The van der Waals surface area contributed by atoms with E-state index in [4.69, 9.17) is 32.7 Å². The van der Waals surface area contributed by atoms with Crippen LogP contribution in [-0.4, -0.2) is 53.3 Å². The van der Waals surface area contributed by atoms with Gasteiger partial charge < -0.3 is 14.4 Å². The predicted octanol–water partition coefficient (Wildman–Crippen LogP) is 3.46. The molecule has 0 bridgehead atoms. The minimum absolute atomic E-state index is 0.150. The fourth-order valence-electron chi connectivity index (χ4n) is 3.27. The molecule has 0 radical (unpaired) electrons. The molecule has 0 N–H and O–H groups in total. The second-order valence-electron chi connectivity index (χ2n) is 6.51. The summed E-state index contributed by atoms with van der Waals surface area (Å²) in [4.78, 5) is 27.2. The summed E-state index contributed by atoms with van der Waals surface area (Å²) in [5.41, 5.74) is 3.97. The molecule has 1 aliphatic rings. The minimum atomic E-state index is -0.372. The highest BCUT2D eigenvalue weighted by Crippen LogP contribution is 2.28. The summed E-state index contributed by atoms with van der Waals surface area (Å²) in [6.45, 7) is 2.74. The molecule has 150 valence electrons. The number of carbonyl (C=O) groups is 1. The molecule has 0 amide bonds. The van der Waals surface area contributed by atoms with Crippen molar-refractivity contribution in [3.63, 3.8) is 0 Å². The van der Waals surface area contributed by atoms with Crippen LogP contribution in [0, 0.1) is 0 Å². The van der Waals surface area contributed by atoms with E-state index in [1.54, 1.807) is 6.20 Å². The van der Waals surface area contributed by atoms with E-state index in [1.807, 2.05) is 30.3 Å². The molecule has 1 fully saturated rings. The smallest absolute Gasteiger partial charge is 0.311 e. The molecule has 29 heavy (non-hydrogen) atoms. The van der Waals surface area contributed by atoms with Crippen LogP contribution >= 0.6 is 23.2 Å². The van der Waals surface area contributed by atoms with Gasteiger partial charge in [-0.05, 0) is 28.8 Å². The first-order valence-electron chi connectivity index (χ1n) is 9.11. The van der Waals surface area contributed by atoms with Crippen molar-refractivity contribution < 1.29 is 14.3 Å². The highest BCUT2D eigenvalue weighted by atomic mass is 35.5. The van der Waals surface area contributed by atoms with Gasteiger partial charge in [-0.1, -0.05) is 35.9 Å². The van der Waals surface area contributed by atoms with E-state index in [9.17, 15) is 4.79 Å². The van der Waals surface area contributed by atoms with Crippen LogP contribution in [-0.2, 0) is 20.7 Å². The number of halogens is 2. The highest BCUT2D eigenvalue weighted by Gasteiger charge is 2.18. The monoisotopic (exact) mass is 432 g/mol. The van der Waals surface area contributed by atoms with Crippen molar-refractivity contribution in [2.45, 2.75) is 6.42 Å². The lowest BCUT2D eigenvalue weighted by molar-refractivity contribution is -0.140. The zero-order chi connectivity index (χ0) is 20.2. The number of morpholine rings is 1. The summed E-state index contributed by atoms with van der Waals surface area (Å²) >= 11 is 11.6. The van der Waals surface area contributed by atoms with Crippen LogP contribution in [0.5, 0.6) is 0 Å². The second-order valence-corrected chi connectivity index (χ2v) is 7.07. The number of anilines is 1. The summed E-state index contributed by atoms with van der Waals surface area (Å²) in [7, 11) is 0. The molecule has 3 heterocycles. The molecule has 0 atom stereocenters. The number of pyridine rings is 1. The zero-order valence-corrected chi connectivity index (χ0v) is 17.0. The molecule has 4 rings (SSSR count). The first-order valence-corrected chi connectivity index (χ1v) is 10.0. The van der Waals surface area contributed by atoms with Crippen LogP contribution in [0.15, 0.2) is 36.5 Å². The molecule has 3 aromatic rings. The SMILES string of the molecule is O=C(Cc1cccc(-c2cnc3c(N4CCOCC4)nc(Cl)nc3c2)c1)OCCl. The number of hydrogen-bond acceptors (Lipinski definition) is 7. The average Bonchev–Trinajstić information content (AvgIpc) is 2.73. The van der Waals surface area contributed by atoms with Gasteiger partial charge in [0, 0.05) is 24.8 Å². The number of fused-ring (bicyclic) bond motifs is 1. The lowest BCUT2D eigenvalue weighted by Gasteiger charge is -2.28. The average molecular weight is 433 g/mol. The summed E-state index contributed by atoms with van der Waals surface area (Å²) in [5.74, 6) is 0.343. The van der Waals surface area contributed by atoms with Gasteiger partial charge >= 0.3 is 5.97 Å². The van der Waals surface area contributed by atoms with Crippen molar-refractivity contribution in [1.29, 1.82) is 0 Å². The zero-order valence-electron chi connectivity index (χ0n) is 15.5. The number of esters is 1. The molecule has 7 nitrogen and oxygen atoms in total. The molecular weight excluding hydrogens is 415 g/mol. The highest BCUT2D eigenvalue weighted by molar-refractivity contribution is 6.28. The molecule has 2 aromatic heterocycles. The van der Waals surface area contributed by atoms with Crippen molar-refractivity contribution >= 4 is 46.0 Å². The number of hydrogen-bond donors (Lipinski definition) is 0. The third-order valence-electron chi connectivity index (χ3n) is 4.63. The normalized spacial score (nSPS) is 14.2. The van der Waals surface area contributed by atoms with Gasteiger partial charge in [0.2, 0.25) is 5.28 Å². The predicted molar refractivity (Wildman–Crippen MR) is 111 cm³/mol. The molecule has 1 saturated heterocycles. The molecule has 1 aromatic carbocycles. The Morgan fingerprint density at radius 3 is 2.79 bits per heavy atom. The second kappa shape index (κ2) is 8.90. The van der Waals surface area contributed by atoms with E-state index >= 15 is 0 Å². The topological polar surface area (TPSA) is 77.4 Å². The Morgan fingerprint density at radius 1 is 1.17 bits per heavy atom. The maximum Gasteiger partial charge on any atom is 0.311 e. The minimum Gasteiger partial charge on any atom is -0.449 e. The third kappa shape index (κ3) is 4.58. The van der Waals surface area contributed by atoms with E-state index in [-0.39, 0.29) is 23.7 Å². The number of ether oxygens (including phenoxy) is 2. The molecule has 0 unspecified atom stereocenters. The maximum absolute atomic E-state index is 11.7. The summed E-state index contributed by atoms with van der Waals surface area (Å²) in [6, 6.07) is 9.39. The van der Waals surface area contributed by atoms with Crippen molar-refractivity contribution in [3.8, 4) is 11.1 Å². The van der Waals surface area contributed by atoms with Crippen molar-refractivity contribution in [1.82, 2.24) is 15.0 Å². The van der Waals surface area contributed by atoms with E-state index in [0.29, 0.717) is 30.1 Å². The van der Waals surface area contributed by atoms with Crippen molar-refractivity contribution in [2.24, 2.45) is 0 Å². The number of alkyl halides is 1. The van der Waals surface area contributed by atoms with Crippen LogP contribution in [0.2, 0.25) is 5.28 Å². The maximum atomic E-state index is 11.7. The lowest BCUT2D eigenvalue weighted by atomic mass is 10.0. The van der Waals surface area contributed by atoms with Crippen molar-refractivity contribution in [3.05, 3.63) is 47.4 Å². The van der Waals surface area contributed by atoms with Crippen LogP contribution in [0.1, 0.15) is 5.56 Å². The fraction of sp³-hybridized carbons (Fsp3) is 0.300. The quantitative estimate of drug-likeness (QED) is 0.347. The molecule has 1 aliphatic heterocycles. The van der Waals surface area contributed by atoms with E-state index in [1.165, 1.54) is 0 Å². The Morgan fingerprint density at radius 2 is 2.00 bits per heavy atom. The number of rotatable bonds is 5.